The van der Waals surface area contributed by atoms with Gasteiger partial charge in [-0.1, -0.05) is 0 Å². The number of rotatable bonds is 5. The number of ether oxygens (including phenoxy) is 2. The van der Waals surface area contributed by atoms with Gasteiger partial charge < -0.3 is 14.4 Å². The van der Waals surface area contributed by atoms with E-state index in [1.807, 2.05) is 0 Å². The lowest BCUT2D eigenvalue weighted by Crippen LogP contribution is -2.43. The number of piperidine rings is 1. The number of likely N-dealkylation sites (tertiary alicyclic amines) is 1. The predicted molar refractivity (Wildman–Crippen MR) is 84.2 cm³/mol. The van der Waals surface area contributed by atoms with Gasteiger partial charge in [0.15, 0.2) is 6.61 Å². The SMILES string of the molecule is O=C(COc1ccc(F)cc1)N1CCC(Oc2ccncn2)CC1. The summed E-state index contributed by atoms with van der Waals surface area (Å²) in [5.74, 6) is 0.611. The van der Waals surface area contributed by atoms with Crippen LogP contribution in [0.2, 0.25) is 0 Å². The molecule has 1 aromatic heterocycles. The lowest BCUT2D eigenvalue weighted by Gasteiger charge is -2.31. The minimum absolute atomic E-state index is 0.0435. The number of amides is 1. The molecule has 7 heteroatoms. The topological polar surface area (TPSA) is 64.5 Å². The Hall–Kier alpha value is -2.70. The molecule has 0 aliphatic carbocycles. The van der Waals surface area contributed by atoms with Gasteiger partial charge in [-0.15, -0.1) is 0 Å². The van der Waals surface area contributed by atoms with Crippen molar-refractivity contribution in [1.29, 1.82) is 0 Å². The first-order valence-electron chi connectivity index (χ1n) is 7.79. The Morgan fingerprint density at radius 2 is 1.96 bits per heavy atom. The third-order valence-corrected chi connectivity index (χ3v) is 3.81. The Morgan fingerprint density at radius 3 is 2.62 bits per heavy atom. The smallest absolute Gasteiger partial charge is 0.260 e. The van der Waals surface area contributed by atoms with Gasteiger partial charge in [-0.2, -0.15) is 0 Å². The molecule has 126 valence electrons. The van der Waals surface area contributed by atoms with E-state index in [0.717, 1.165) is 12.8 Å². The zero-order valence-corrected chi connectivity index (χ0v) is 13.1. The minimum Gasteiger partial charge on any atom is -0.484 e. The van der Waals surface area contributed by atoms with E-state index in [1.165, 1.54) is 30.6 Å². The van der Waals surface area contributed by atoms with E-state index in [1.54, 1.807) is 17.2 Å². The van der Waals surface area contributed by atoms with Gasteiger partial charge in [-0.05, 0) is 24.3 Å². The minimum atomic E-state index is -0.334. The number of aromatic nitrogens is 2. The number of nitrogens with zero attached hydrogens (tertiary/aromatic N) is 3. The Balaban J connectivity index is 1.42. The molecule has 3 rings (SSSR count). The van der Waals surface area contributed by atoms with Crippen LogP contribution in [0.5, 0.6) is 11.6 Å². The highest BCUT2D eigenvalue weighted by atomic mass is 19.1. The van der Waals surface area contributed by atoms with E-state index >= 15 is 0 Å². The van der Waals surface area contributed by atoms with Crippen LogP contribution in [0.25, 0.3) is 0 Å². The molecular formula is C17H18FN3O3. The second-order valence-corrected chi connectivity index (χ2v) is 5.49. The normalized spacial score (nSPS) is 15.1. The molecule has 0 bridgehead atoms. The van der Waals surface area contributed by atoms with Crippen molar-refractivity contribution in [2.24, 2.45) is 0 Å². The molecule has 1 aliphatic heterocycles. The summed E-state index contributed by atoms with van der Waals surface area (Å²) in [6.07, 6.45) is 4.61. The summed E-state index contributed by atoms with van der Waals surface area (Å²) in [7, 11) is 0. The molecule has 2 aromatic rings. The molecule has 0 atom stereocenters. The van der Waals surface area contributed by atoms with Gasteiger partial charge >= 0.3 is 0 Å². The second kappa shape index (κ2) is 7.72. The molecule has 0 spiro atoms. The highest BCUT2D eigenvalue weighted by Gasteiger charge is 2.24. The summed E-state index contributed by atoms with van der Waals surface area (Å²) in [4.78, 5) is 21.8. The summed E-state index contributed by atoms with van der Waals surface area (Å²) in [6.45, 7) is 1.17. The van der Waals surface area contributed by atoms with Gasteiger partial charge in [-0.25, -0.2) is 14.4 Å². The molecule has 0 saturated carbocycles. The number of carbonyl (C=O) groups excluding carboxylic acids is 1. The van der Waals surface area contributed by atoms with E-state index in [9.17, 15) is 9.18 Å². The molecule has 1 saturated heterocycles. The van der Waals surface area contributed by atoms with Crippen molar-refractivity contribution < 1.29 is 18.7 Å². The monoisotopic (exact) mass is 331 g/mol. The zero-order chi connectivity index (χ0) is 16.8. The van der Waals surface area contributed by atoms with Crippen molar-refractivity contribution in [3.05, 3.63) is 48.7 Å². The highest BCUT2D eigenvalue weighted by Crippen LogP contribution is 2.17. The van der Waals surface area contributed by atoms with Crippen molar-refractivity contribution in [2.75, 3.05) is 19.7 Å². The van der Waals surface area contributed by atoms with Crippen molar-refractivity contribution in [3.63, 3.8) is 0 Å². The Bertz CT molecular complexity index is 659. The fraction of sp³-hybridized carbons (Fsp3) is 0.353. The van der Waals surface area contributed by atoms with Crippen LogP contribution < -0.4 is 9.47 Å². The van der Waals surface area contributed by atoms with Crippen LogP contribution >= 0.6 is 0 Å². The summed E-state index contributed by atoms with van der Waals surface area (Å²) < 4.78 is 24.0. The molecule has 0 N–H and O–H groups in total. The summed E-state index contributed by atoms with van der Waals surface area (Å²) in [5, 5.41) is 0. The van der Waals surface area contributed by atoms with E-state index in [-0.39, 0.29) is 24.4 Å². The number of hydrogen-bond acceptors (Lipinski definition) is 5. The molecule has 1 aliphatic rings. The lowest BCUT2D eigenvalue weighted by atomic mass is 10.1. The van der Waals surface area contributed by atoms with Gasteiger partial charge in [0.2, 0.25) is 5.88 Å². The molecule has 0 unspecified atom stereocenters. The van der Waals surface area contributed by atoms with Gasteiger partial charge in [0, 0.05) is 38.2 Å². The molecule has 1 aromatic carbocycles. The average molecular weight is 331 g/mol. The van der Waals surface area contributed by atoms with Crippen LogP contribution in [0.4, 0.5) is 4.39 Å². The number of carbonyl (C=O) groups is 1. The third kappa shape index (κ3) is 4.41. The van der Waals surface area contributed by atoms with Crippen LogP contribution in [0.3, 0.4) is 0 Å². The summed E-state index contributed by atoms with van der Waals surface area (Å²) >= 11 is 0. The molecule has 2 heterocycles. The van der Waals surface area contributed by atoms with Gasteiger partial charge in [0.25, 0.3) is 5.91 Å². The molecule has 0 radical (unpaired) electrons. The van der Waals surface area contributed by atoms with Crippen molar-refractivity contribution in [3.8, 4) is 11.6 Å². The van der Waals surface area contributed by atoms with Crippen molar-refractivity contribution in [2.45, 2.75) is 18.9 Å². The maximum Gasteiger partial charge on any atom is 0.260 e. The standard InChI is InChI=1S/C17H18FN3O3/c18-13-1-3-14(4-2-13)23-11-17(22)21-9-6-15(7-10-21)24-16-5-8-19-12-20-16/h1-5,8,12,15H,6-7,9-11H2. The van der Waals surface area contributed by atoms with Gasteiger partial charge in [0.1, 0.15) is 24.0 Å². The Labute approximate surface area is 139 Å². The maximum absolute atomic E-state index is 12.8. The maximum atomic E-state index is 12.8. The molecule has 1 amide bonds. The van der Waals surface area contributed by atoms with Crippen LogP contribution in [0, 0.1) is 5.82 Å². The first-order valence-corrected chi connectivity index (χ1v) is 7.79. The van der Waals surface area contributed by atoms with E-state index < -0.39 is 0 Å². The quantitative estimate of drug-likeness (QED) is 0.839. The Morgan fingerprint density at radius 1 is 1.21 bits per heavy atom. The van der Waals surface area contributed by atoms with Crippen LogP contribution in [-0.4, -0.2) is 46.6 Å². The molecule has 24 heavy (non-hydrogen) atoms. The second-order valence-electron chi connectivity index (χ2n) is 5.49. The van der Waals surface area contributed by atoms with Crippen molar-refractivity contribution in [1.82, 2.24) is 14.9 Å². The van der Waals surface area contributed by atoms with Crippen molar-refractivity contribution >= 4 is 5.91 Å². The van der Waals surface area contributed by atoms with Crippen LogP contribution in [0.15, 0.2) is 42.9 Å². The number of hydrogen-bond donors (Lipinski definition) is 0. The summed E-state index contributed by atoms with van der Waals surface area (Å²) in [5.41, 5.74) is 0. The lowest BCUT2D eigenvalue weighted by molar-refractivity contribution is -0.135. The van der Waals surface area contributed by atoms with E-state index in [0.29, 0.717) is 24.7 Å². The highest BCUT2D eigenvalue weighted by molar-refractivity contribution is 5.77. The fourth-order valence-electron chi connectivity index (χ4n) is 2.51. The predicted octanol–water partition coefficient (Wildman–Crippen LogP) is 2.06. The largest absolute Gasteiger partial charge is 0.484 e. The average Bonchev–Trinajstić information content (AvgIpc) is 2.62. The first kappa shape index (κ1) is 16.2. The molecular weight excluding hydrogens is 313 g/mol. The third-order valence-electron chi connectivity index (χ3n) is 3.81. The number of halogens is 1. The van der Waals surface area contributed by atoms with E-state index in [2.05, 4.69) is 9.97 Å². The van der Waals surface area contributed by atoms with Gasteiger partial charge in [-0.3, -0.25) is 4.79 Å². The Kier molecular flexibility index (Phi) is 5.20. The molecule has 1 fully saturated rings. The zero-order valence-electron chi connectivity index (χ0n) is 13.1. The number of benzene rings is 1. The van der Waals surface area contributed by atoms with Crippen LogP contribution in [-0.2, 0) is 4.79 Å². The molecule has 6 nitrogen and oxygen atoms in total. The van der Waals surface area contributed by atoms with E-state index in [4.69, 9.17) is 9.47 Å². The summed E-state index contributed by atoms with van der Waals surface area (Å²) in [6, 6.07) is 7.33. The fourth-order valence-corrected chi connectivity index (χ4v) is 2.51. The first-order chi connectivity index (χ1) is 11.7. The van der Waals surface area contributed by atoms with Crippen LogP contribution in [0.1, 0.15) is 12.8 Å². The van der Waals surface area contributed by atoms with Gasteiger partial charge in [0.05, 0.1) is 0 Å².